The van der Waals surface area contributed by atoms with Crippen molar-refractivity contribution in [1.29, 1.82) is 0 Å². The quantitative estimate of drug-likeness (QED) is 0.145. The van der Waals surface area contributed by atoms with Gasteiger partial charge in [-0.25, -0.2) is 0 Å². The molecule has 198 valence electrons. The number of carbonyl (C=O) groups is 1. The zero-order valence-electron chi connectivity index (χ0n) is 23.0. The van der Waals surface area contributed by atoms with Crippen molar-refractivity contribution in [3.8, 4) is 28.0 Å². The zero-order valence-corrected chi connectivity index (χ0v) is 23.0. The van der Waals surface area contributed by atoms with Crippen LogP contribution in [0.3, 0.4) is 0 Å². The minimum Gasteiger partial charge on any atom is -0.494 e. The largest absolute Gasteiger partial charge is 0.494 e. The van der Waals surface area contributed by atoms with Gasteiger partial charge < -0.3 is 9.47 Å². The summed E-state index contributed by atoms with van der Waals surface area (Å²) in [6.45, 7) is 6.48. The standard InChI is InChI=1S/C34H44O3/c1-4-5-6-7-8-11-26-36-34-24-22-33(23-25-34)32-20-18-31(19-21-32)30-16-14-29(15-17-30)13-10-9-12-27(2)37-28(3)35/h14-25,27H,4-13,26H2,1-3H3. The zero-order chi connectivity index (χ0) is 26.3. The maximum atomic E-state index is 11.0. The molecular weight excluding hydrogens is 456 g/mol. The molecule has 0 saturated carbocycles. The summed E-state index contributed by atoms with van der Waals surface area (Å²) in [7, 11) is 0. The minimum absolute atomic E-state index is 0.00372. The van der Waals surface area contributed by atoms with Crippen LogP contribution in [-0.2, 0) is 16.0 Å². The number of carbonyl (C=O) groups excluding carboxylic acids is 1. The molecule has 0 radical (unpaired) electrons. The Morgan fingerprint density at radius 3 is 1.76 bits per heavy atom. The molecule has 3 aromatic carbocycles. The number of esters is 1. The fourth-order valence-electron chi connectivity index (χ4n) is 4.64. The summed E-state index contributed by atoms with van der Waals surface area (Å²) in [4.78, 5) is 11.0. The van der Waals surface area contributed by atoms with E-state index in [2.05, 4.69) is 79.7 Å². The third-order valence-corrected chi connectivity index (χ3v) is 6.82. The second-order valence-corrected chi connectivity index (χ2v) is 10.1. The first kappa shape index (κ1) is 28.5. The molecule has 3 nitrogen and oxygen atoms in total. The van der Waals surface area contributed by atoms with Crippen LogP contribution in [0.4, 0.5) is 0 Å². The van der Waals surface area contributed by atoms with Gasteiger partial charge in [0.25, 0.3) is 0 Å². The number of benzene rings is 3. The Morgan fingerprint density at radius 1 is 0.676 bits per heavy atom. The topological polar surface area (TPSA) is 35.5 Å². The fraction of sp³-hybridized carbons (Fsp3) is 0.441. The van der Waals surface area contributed by atoms with E-state index >= 15 is 0 Å². The second kappa shape index (κ2) is 15.9. The molecule has 0 saturated heterocycles. The van der Waals surface area contributed by atoms with Crippen LogP contribution in [0.15, 0.2) is 72.8 Å². The summed E-state index contributed by atoms with van der Waals surface area (Å²) < 4.78 is 11.1. The summed E-state index contributed by atoms with van der Waals surface area (Å²) in [5.41, 5.74) is 6.23. The van der Waals surface area contributed by atoms with Crippen molar-refractivity contribution in [1.82, 2.24) is 0 Å². The molecule has 1 unspecified atom stereocenters. The van der Waals surface area contributed by atoms with Gasteiger partial charge in [-0.15, -0.1) is 0 Å². The van der Waals surface area contributed by atoms with Crippen LogP contribution < -0.4 is 4.74 Å². The molecule has 37 heavy (non-hydrogen) atoms. The van der Waals surface area contributed by atoms with E-state index in [9.17, 15) is 4.79 Å². The van der Waals surface area contributed by atoms with Crippen molar-refractivity contribution in [2.75, 3.05) is 6.61 Å². The van der Waals surface area contributed by atoms with Crippen LogP contribution in [0.1, 0.15) is 84.1 Å². The average Bonchev–Trinajstić information content (AvgIpc) is 2.91. The SMILES string of the molecule is CCCCCCCCOc1ccc(-c2ccc(-c3ccc(CCCCC(C)OC(C)=O)cc3)cc2)cc1. The Labute approximate surface area is 224 Å². The molecule has 1 atom stereocenters. The Balaban J connectivity index is 1.43. The van der Waals surface area contributed by atoms with Crippen LogP contribution >= 0.6 is 0 Å². The molecule has 0 N–H and O–H groups in total. The molecule has 0 bridgehead atoms. The van der Waals surface area contributed by atoms with Gasteiger partial charge in [-0.05, 0) is 79.0 Å². The number of unbranched alkanes of at least 4 members (excludes halogenated alkanes) is 6. The number of aryl methyl sites for hydroxylation is 1. The maximum absolute atomic E-state index is 11.0. The lowest BCUT2D eigenvalue weighted by molar-refractivity contribution is -0.145. The van der Waals surface area contributed by atoms with Crippen molar-refractivity contribution in [3.05, 3.63) is 78.4 Å². The number of hydrogen-bond donors (Lipinski definition) is 0. The van der Waals surface area contributed by atoms with Crippen LogP contribution in [0, 0.1) is 0 Å². The van der Waals surface area contributed by atoms with Crippen molar-refractivity contribution in [2.45, 2.75) is 91.1 Å². The van der Waals surface area contributed by atoms with E-state index < -0.39 is 0 Å². The van der Waals surface area contributed by atoms with Gasteiger partial charge in [0.2, 0.25) is 0 Å². The maximum Gasteiger partial charge on any atom is 0.302 e. The van der Waals surface area contributed by atoms with Gasteiger partial charge in [0.1, 0.15) is 5.75 Å². The van der Waals surface area contributed by atoms with Gasteiger partial charge in [0.05, 0.1) is 12.7 Å². The van der Waals surface area contributed by atoms with E-state index in [1.165, 1.54) is 66.8 Å². The smallest absolute Gasteiger partial charge is 0.302 e. The molecule has 0 aliphatic carbocycles. The van der Waals surface area contributed by atoms with E-state index in [1.54, 1.807) is 0 Å². The molecule has 0 aromatic heterocycles. The van der Waals surface area contributed by atoms with Crippen LogP contribution in [0.25, 0.3) is 22.3 Å². The second-order valence-electron chi connectivity index (χ2n) is 10.1. The van der Waals surface area contributed by atoms with Crippen LogP contribution in [0.2, 0.25) is 0 Å². The number of rotatable bonds is 16. The van der Waals surface area contributed by atoms with Crippen molar-refractivity contribution < 1.29 is 14.3 Å². The highest BCUT2D eigenvalue weighted by molar-refractivity contribution is 5.70. The summed E-state index contributed by atoms with van der Waals surface area (Å²) in [6.07, 6.45) is 11.8. The molecule has 0 fully saturated rings. The number of hydrogen-bond acceptors (Lipinski definition) is 3. The molecular formula is C34H44O3. The van der Waals surface area contributed by atoms with Crippen molar-refractivity contribution in [2.24, 2.45) is 0 Å². The molecule has 3 heteroatoms. The Kier molecular flexibility index (Phi) is 12.3. The van der Waals surface area contributed by atoms with Gasteiger partial charge >= 0.3 is 5.97 Å². The monoisotopic (exact) mass is 500 g/mol. The summed E-state index contributed by atoms with van der Waals surface area (Å²) in [5, 5.41) is 0. The highest BCUT2D eigenvalue weighted by Crippen LogP contribution is 2.27. The predicted octanol–water partition coefficient (Wildman–Crippen LogP) is 9.42. The summed E-state index contributed by atoms with van der Waals surface area (Å²) in [6, 6.07) is 26.1. The third kappa shape index (κ3) is 10.4. The van der Waals surface area contributed by atoms with Gasteiger partial charge in [-0.2, -0.15) is 0 Å². The highest BCUT2D eigenvalue weighted by atomic mass is 16.5. The molecule has 3 aromatic rings. The molecule has 3 rings (SSSR count). The average molecular weight is 501 g/mol. The summed E-state index contributed by atoms with van der Waals surface area (Å²) in [5.74, 6) is 0.755. The fourth-order valence-corrected chi connectivity index (χ4v) is 4.64. The van der Waals surface area contributed by atoms with Gasteiger partial charge in [-0.1, -0.05) is 99.7 Å². The molecule has 0 heterocycles. The molecule has 0 spiro atoms. The first-order valence-electron chi connectivity index (χ1n) is 14.1. The first-order valence-corrected chi connectivity index (χ1v) is 14.1. The minimum atomic E-state index is -0.197. The lowest BCUT2D eigenvalue weighted by Crippen LogP contribution is -2.11. The van der Waals surface area contributed by atoms with Gasteiger partial charge in [0.15, 0.2) is 0 Å². The van der Waals surface area contributed by atoms with E-state index in [-0.39, 0.29) is 12.1 Å². The molecule has 0 amide bonds. The lowest BCUT2D eigenvalue weighted by Gasteiger charge is -2.11. The van der Waals surface area contributed by atoms with E-state index in [0.717, 1.165) is 44.5 Å². The Hall–Kier alpha value is -3.07. The van der Waals surface area contributed by atoms with Gasteiger partial charge in [0, 0.05) is 6.92 Å². The number of ether oxygens (including phenoxy) is 2. The third-order valence-electron chi connectivity index (χ3n) is 6.82. The predicted molar refractivity (Wildman–Crippen MR) is 155 cm³/mol. The molecule has 0 aliphatic rings. The highest BCUT2D eigenvalue weighted by Gasteiger charge is 2.06. The van der Waals surface area contributed by atoms with E-state index in [1.807, 2.05) is 6.92 Å². The van der Waals surface area contributed by atoms with Crippen LogP contribution in [-0.4, -0.2) is 18.7 Å². The summed E-state index contributed by atoms with van der Waals surface area (Å²) >= 11 is 0. The molecule has 0 aliphatic heterocycles. The van der Waals surface area contributed by atoms with E-state index in [4.69, 9.17) is 9.47 Å². The first-order chi connectivity index (χ1) is 18.0. The van der Waals surface area contributed by atoms with Crippen molar-refractivity contribution in [3.63, 3.8) is 0 Å². The van der Waals surface area contributed by atoms with Gasteiger partial charge in [-0.3, -0.25) is 4.79 Å². The lowest BCUT2D eigenvalue weighted by atomic mass is 9.98. The Bertz CT molecular complexity index is 1040. The normalized spacial score (nSPS) is 11.8. The van der Waals surface area contributed by atoms with E-state index in [0.29, 0.717) is 0 Å². The van der Waals surface area contributed by atoms with Crippen LogP contribution in [0.5, 0.6) is 5.75 Å². The van der Waals surface area contributed by atoms with Crippen molar-refractivity contribution >= 4 is 5.97 Å². The Morgan fingerprint density at radius 2 is 1.19 bits per heavy atom.